The summed E-state index contributed by atoms with van der Waals surface area (Å²) < 4.78 is 0. The molecule has 2 aliphatic heterocycles. The topological polar surface area (TPSA) is 74.3 Å². The molecule has 2 N–H and O–H groups in total. The van der Waals surface area contributed by atoms with Gasteiger partial charge in [0.1, 0.15) is 0 Å². The Bertz CT molecular complexity index is 956. The molecule has 0 unspecified atom stereocenters. The molecule has 1 aromatic heterocycles. The van der Waals surface area contributed by atoms with E-state index >= 15 is 0 Å². The Morgan fingerprint density at radius 2 is 2.06 bits per heavy atom. The molecule has 2 fully saturated rings. The number of anilines is 2. The highest BCUT2D eigenvalue weighted by atomic mass is 35.5. The van der Waals surface area contributed by atoms with Gasteiger partial charge < -0.3 is 15.5 Å². The molecule has 1 aliphatic carbocycles. The summed E-state index contributed by atoms with van der Waals surface area (Å²) >= 11 is 0. The van der Waals surface area contributed by atoms with Gasteiger partial charge in [0.25, 0.3) is 5.91 Å². The lowest BCUT2D eigenvalue weighted by molar-refractivity contribution is -0.128. The number of amides is 2. The highest BCUT2D eigenvalue weighted by Gasteiger charge is 2.49. The van der Waals surface area contributed by atoms with E-state index in [0.29, 0.717) is 18.0 Å². The second kappa shape index (κ2) is 9.55. The second-order valence-corrected chi connectivity index (χ2v) is 8.48. The number of pyridine rings is 1. The summed E-state index contributed by atoms with van der Waals surface area (Å²) in [4.78, 5) is 31.9. The van der Waals surface area contributed by atoms with E-state index in [-0.39, 0.29) is 42.0 Å². The molecule has 2 amide bonds. The average Bonchev–Trinajstić information content (AvgIpc) is 3.38. The number of hydrogen-bond acceptors (Lipinski definition) is 4. The Morgan fingerprint density at radius 3 is 2.87 bits per heavy atom. The van der Waals surface area contributed by atoms with Gasteiger partial charge in [0, 0.05) is 36.9 Å². The lowest BCUT2D eigenvalue weighted by Crippen LogP contribution is -2.44. The number of fused-ring (bicyclic) bond motifs is 2. The minimum atomic E-state index is -0.264. The van der Waals surface area contributed by atoms with Crippen molar-refractivity contribution in [2.75, 3.05) is 29.9 Å². The van der Waals surface area contributed by atoms with E-state index in [1.54, 1.807) is 29.4 Å². The number of rotatable bonds is 3. The zero-order valence-corrected chi connectivity index (χ0v) is 18.9. The van der Waals surface area contributed by atoms with E-state index in [9.17, 15) is 9.59 Å². The summed E-state index contributed by atoms with van der Waals surface area (Å²) in [5.41, 5.74) is 3.18. The zero-order chi connectivity index (χ0) is 19.8. The van der Waals surface area contributed by atoms with Crippen LogP contribution in [0.5, 0.6) is 0 Å². The van der Waals surface area contributed by atoms with Gasteiger partial charge in [-0.25, -0.2) is 0 Å². The number of nitrogens with one attached hydrogen (secondary N) is 2. The standard InChI is InChI=1S/C23H26N4O2.2ClH/c28-21(17-4-3-10-24-13-17)27-11-8-16-12-19(6-7-20(16)27)26-22(29)23-9-2-1-5-18(23)14-25-15-23;;/h3-4,6-7,10,12-13,18,25H,1-2,5,8-9,11,14-15H2,(H,26,29);2*1H/t18-,23+;;/m0../s1. The number of nitrogens with zero attached hydrogens (tertiary/aromatic N) is 2. The molecule has 3 heterocycles. The van der Waals surface area contributed by atoms with Gasteiger partial charge in [0.2, 0.25) is 5.91 Å². The Labute approximate surface area is 195 Å². The first-order chi connectivity index (χ1) is 14.2. The van der Waals surface area contributed by atoms with Crippen molar-refractivity contribution in [3.8, 4) is 0 Å². The fraction of sp³-hybridized carbons (Fsp3) is 0.435. The first-order valence-corrected chi connectivity index (χ1v) is 10.5. The van der Waals surface area contributed by atoms with Crippen LogP contribution >= 0.6 is 24.8 Å². The van der Waals surface area contributed by atoms with Gasteiger partial charge in [-0.1, -0.05) is 12.8 Å². The Balaban J connectivity index is 0.00000136. The molecule has 0 spiro atoms. The van der Waals surface area contributed by atoms with Crippen LogP contribution in [0.15, 0.2) is 42.7 Å². The average molecular weight is 463 g/mol. The molecule has 0 radical (unpaired) electrons. The van der Waals surface area contributed by atoms with Crippen LogP contribution in [0.4, 0.5) is 11.4 Å². The van der Waals surface area contributed by atoms with Gasteiger partial charge in [0.05, 0.1) is 11.0 Å². The number of aromatic nitrogens is 1. The summed E-state index contributed by atoms with van der Waals surface area (Å²) in [6.07, 6.45) is 8.51. The maximum atomic E-state index is 13.2. The molecule has 166 valence electrons. The van der Waals surface area contributed by atoms with Crippen LogP contribution in [0.1, 0.15) is 41.6 Å². The van der Waals surface area contributed by atoms with E-state index in [2.05, 4.69) is 15.6 Å². The summed E-state index contributed by atoms with van der Waals surface area (Å²) in [7, 11) is 0. The van der Waals surface area contributed by atoms with Gasteiger partial charge in [-0.2, -0.15) is 0 Å². The molecular weight excluding hydrogens is 435 g/mol. The number of carbonyl (C=O) groups excluding carboxylic acids is 2. The molecule has 2 atom stereocenters. The molecule has 8 heteroatoms. The molecule has 3 aliphatic rings. The van der Waals surface area contributed by atoms with Gasteiger partial charge in [-0.3, -0.25) is 14.6 Å². The van der Waals surface area contributed by atoms with Gasteiger partial charge in [-0.05, 0) is 67.6 Å². The molecule has 2 aromatic rings. The van der Waals surface area contributed by atoms with Crippen molar-refractivity contribution in [1.29, 1.82) is 0 Å². The Hall–Kier alpha value is -2.15. The molecule has 0 bridgehead atoms. The van der Waals surface area contributed by atoms with Crippen LogP contribution in [0.3, 0.4) is 0 Å². The summed E-state index contributed by atoms with van der Waals surface area (Å²) in [5.74, 6) is 0.557. The van der Waals surface area contributed by atoms with E-state index in [0.717, 1.165) is 55.7 Å². The molecule has 6 nitrogen and oxygen atoms in total. The quantitative estimate of drug-likeness (QED) is 0.726. The summed E-state index contributed by atoms with van der Waals surface area (Å²) in [6, 6.07) is 9.47. The predicted molar refractivity (Wildman–Crippen MR) is 126 cm³/mol. The number of benzene rings is 1. The lowest BCUT2D eigenvalue weighted by Gasteiger charge is -2.37. The predicted octanol–water partition coefficient (Wildman–Crippen LogP) is 3.85. The normalized spacial score (nSPS) is 23.7. The van der Waals surface area contributed by atoms with Gasteiger partial charge in [-0.15, -0.1) is 24.8 Å². The van der Waals surface area contributed by atoms with Crippen molar-refractivity contribution in [2.45, 2.75) is 32.1 Å². The van der Waals surface area contributed by atoms with E-state index in [4.69, 9.17) is 0 Å². The highest BCUT2D eigenvalue weighted by molar-refractivity contribution is 6.07. The minimum absolute atomic E-state index is 0. The molecule has 1 aromatic carbocycles. The maximum absolute atomic E-state index is 13.2. The molecular formula is C23H28Cl2N4O2. The van der Waals surface area contributed by atoms with Crippen molar-refractivity contribution < 1.29 is 9.59 Å². The van der Waals surface area contributed by atoms with E-state index in [1.165, 1.54) is 6.42 Å². The third kappa shape index (κ3) is 4.16. The molecule has 5 rings (SSSR count). The number of hydrogen-bond donors (Lipinski definition) is 2. The SMILES string of the molecule is Cl.Cl.O=C(c1cccnc1)N1CCc2cc(NC(=O)[C@@]34CCCC[C@H]3CNC4)ccc21. The third-order valence-electron chi connectivity index (χ3n) is 6.88. The van der Waals surface area contributed by atoms with Crippen molar-refractivity contribution in [2.24, 2.45) is 11.3 Å². The second-order valence-electron chi connectivity index (χ2n) is 8.48. The first-order valence-electron chi connectivity index (χ1n) is 10.5. The Morgan fingerprint density at radius 1 is 1.19 bits per heavy atom. The monoisotopic (exact) mass is 462 g/mol. The first kappa shape index (κ1) is 23.5. The van der Waals surface area contributed by atoms with Crippen molar-refractivity contribution in [3.05, 3.63) is 53.9 Å². The van der Waals surface area contributed by atoms with Crippen LogP contribution < -0.4 is 15.5 Å². The van der Waals surface area contributed by atoms with Crippen LogP contribution in [-0.4, -0.2) is 36.4 Å². The maximum Gasteiger partial charge on any atom is 0.259 e. The molecule has 1 saturated carbocycles. The highest BCUT2D eigenvalue weighted by Crippen LogP contribution is 2.44. The minimum Gasteiger partial charge on any atom is -0.326 e. The summed E-state index contributed by atoms with van der Waals surface area (Å²) in [6.45, 7) is 2.38. The van der Waals surface area contributed by atoms with Crippen LogP contribution in [0.2, 0.25) is 0 Å². The van der Waals surface area contributed by atoms with E-state index < -0.39 is 0 Å². The number of carbonyl (C=O) groups is 2. The third-order valence-corrected chi connectivity index (χ3v) is 6.88. The molecule has 31 heavy (non-hydrogen) atoms. The van der Waals surface area contributed by atoms with Crippen LogP contribution in [0, 0.1) is 11.3 Å². The summed E-state index contributed by atoms with van der Waals surface area (Å²) in [5, 5.41) is 6.62. The Kier molecular flexibility index (Phi) is 7.24. The van der Waals surface area contributed by atoms with Crippen molar-refractivity contribution >= 4 is 48.0 Å². The van der Waals surface area contributed by atoms with E-state index in [1.807, 2.05) is 18.2 Å². The number of halogens is 2. The van der Waals surface area contributed by atoms with Crippen LogP contribution in [-0.2, 0) is 11.2 Å². The lowest BCUT2D eigenvalue weighted by atomic mass is 9.67. The smallest absolute Gasteiger partial charge is 0.259 e. The van der Waals surface area contributed by atoms with Gasteiger partial charge in [0.15, 0.2) is 0 Å². The van der Waals surface area contributed by atoms with Crippen LogP contribution in [0.25, 0.3) is 0 Å². The largest absolute Gasteiger partial charge is 0.326 e. The fourth-order valence-electron chi connectivity index (χ4n) is 5.28. The van der Waals surface area contributed by atoms with Crippen molar-refractivity contribution in [3.63, 3.8) is 0 Å². The zero-order valence-electron chi connectivity index (χ0n) is 17.3. The molecule has 1 saturated heterocycles. The van der Waals surface area contributed by atoms with Crippen molar-refractivity contribution in [1.82, 2.24) is 10.3 Å². The van der Waals surface area contributed by atoms with Gasteiger partial charge >= 0.3 is 0 Å². The fourth-order valence-corrected chi connectivity index (χ4v) is 5.28.